The lowest BCUT2D eigenvalue weighted by molar-refractivity contribution is 0.0856. The van der Waals surface area contributed by atoms with E-state index in [-0.39, 0.29) is 0 Å². The van der Waals surface area contributed by atoms with Crippen LogP contribution in [-0.2, 0) is 11.8 Å². The Kier molecular flexibility index (Phi) is 3.76. The molecule has 1 aliphatic carbocycles. The standard InChI is InChI=1S/C18H27NO/c1-4-9-18-10-11-19(2)13-15(18)7-5-14-6-8-16(20-3)12-17(14)18/h6,8,12,15H,4-5,7,9-11,13H2,1-3H3/t15-,18+/m0/s1. The molecule has 1 aromatic carbocycles. The summed E-state index contributed by atoms with van der Waals surface area (Å²) in [6, 6.07) is 6.77. The highest BCUT2D eigenvalue weighted by atomic mass is 16.5. The van der Waals surface area contributed by atoms with Crippen molar-refractivity contribution in [3.8, 4) is 5.75 Å². The Hall–Kier alpha value is -1.02. The zero-order chi connectivity index (χ0) is 14.2. The molecule has 1 fully saturated rings. The van der Waals surface area contributed by atoms with Crippen LogP contribution in [0.15, 0.2) is 18.2 Å². The van der Waals surface area contributed by atoms with Crippen molar-refractivity contribution in [2.45, 2.75) is 44.4 Å². The predicted molar refractivity (Wildman–Crippen MR) is 83.5 cm³/mol. The molecule has 2 atom stereocenters. The van der Waals surface area contributed by atoms with Crippen molar-refractivity contribution in [2.24, 2.45) is 5.92 Å². The fraction of sp³-hybridized carbons (Fsp3) is 0.667. The molecule has 1 heterocycles. The molecule has 110 valence electrons. The van der Waals surface area contributed by atoms with Crippen LogP contribution in [0.4, 0.5) is 0 Å². The number of likely N-dealkylation sites (tertiary alicyclic amines) is 1. The van der Waals surface area contributed by atoms with E-state index >= 15 is 0 Å². The Morgan fingerprint density at radius 2 is 2.25 bits per heavy atom. The van der Waals surface area contributed by atoms with Gasteiger partial charge in [-0.25, -0.2) is 0 Å². The van der Waals surface area contributed by atoms with Gasteiger partial charge in [-0.15, -0.1) is 0 Å². The maximum atomic E-state index is 5.49. The normalized spacial score (nSPS) is 29.6. The molecule has 0 radical (unpaired) electrons. The maximum Gasteiger partial charge on any atom is 0.119 e. The molecular formula is C18H27NO. The molecule has 1 aromatic rings. The molecule has 3 rings (SSSR count). The van der Waals surface area contributed by atoms with Crippen molar-refractivity contribution in [1.29, 1.82) is 0 Å². The second kappa shape index (κ2) is 5.40. The topological polar surface area (TPSA) is 12.5 Å². The summed E-state index contributed by atoms with van der Waals surface area (Å²) in [5.41, 5.74) is 3.58. The van der Waals surface area contributed by atoms with Crippen LogP contribution in [0.25, 0.3) is 0 Å². The van der Waals surface area contributed by atoms with Crippen LogP contribution in [0.3, 0.4) is 0 Å². The van der Waals surface area contributed by atoms with Crippen molar-refractivity contribution in [1.82, 2.24) is 4.90 Å². The number of benzene rings is 1. The molecule has 1 saturated heterocycles. The van der Waals surface area contributed by atoms with E-state index in [1.54, 1.807) is 18.2 Å². The Bertz CT molecular complexity index is 484. The average molecular weight is 273 g/mol. The van der Waals surface area contributed by atoms with Crippen LogP contribution < -0.4 is 4.74 Å². The molecule has 2 nitrogen and oxygen atoms in total. The van der Waals surface area contributed by atoms with Gasteiger partial charge in [0.2, 0.25) is 0 Å². The van der Waals surface area contributed by atoms with Crippen molar-refractivity contribution < 1.29 is 4.74 Å². The molecule has 0 unspecified atom stereocenters. The van der Waals surface area contributed by atoms with E-state index in [1.165, 1.54) is 45.2 Å². The van der Waals surface area contributed by atoms with Gasteiger partial charge in [-0.2, -0.15) is 0 Å². The quantitative estimate of drug-likeness (QED) is 0.834. The SMILES string of the molecule is CCC[C@@]12CCN(C)C[C@@H]1CCc1ccc(OC)cc12. The predicted octanol–water partition coefficient (Wildman–Crippen LogP) is 3.63. The summed E-state index contributed by atoms with van der Waals surface area (Å²) < 4.78 is 5.49. The summed E-state index contributed by atoms with van der Waals surface area (Å²) in [5.74, 6) is 1.85. The molecule has 0 bridgehead atoms. The second-order valence-corrected chi connectivity index (χ2v) is 6.68. The number of piperidine rings is 1. The number of methoxy groups -OCH3 is 1. The fourth-order valence-electron chi connectivity index (χ4n) is 4.56. The van der Waals surface area contributed by atoms with Crippen LogP contribution >= 0.6 is 0 Å². The largest absolute Gasteiger partial charge is 0.497 e. The zero-order valence-corrected chi connectivity index (χ0v) is 13.1. The fourth-order valence-corrected chi connectivity index (χ4v) is 4.56. The van der Waals surface area contributed by atoms with E-state index in [4.69, 9.17) is 4.74 Å². The number of rotatable bonds is 3. The first-order chi connectivity index (χ1) is 9.69. The summed E-state index contributed by atoms with van der Waals surface area (Å²) in [6.07, 6.45) is 6.50. The molecule has 0 saturated carbocycles. The maximum absolute atomic E-state index is 5.49. The van der Waals surface area contributed by atoms with Gasteiger partial charge < -0.3 is 9.64 Å². The monoisotopic (exact) mass is 273 g/mol. The highest BCUT2D eigenvalue weighted by Crippen LogP contribution is 2.50. The van der Waals surface area contributed by atoms with Gasteiger partial charge in [-0.05, 0) is 68.5 Å². The van der Waals surface area contributed by atoms with Crippen LogP contribution in [0.5, 0.6) is 5.75 Å². The number of fused-ring (bicyclic) bond motifs is 3. The molecular weight excluding hydrogens is 246 g/mol. The lowest BCUT2D eigenvalue weighted by Gasteiger charge is -2.51. The van der Waals surface area contributed by atoms with E-state index in [9.17, 15) is 0 Å². The molecule has 1 aliphatic heterocycles. The minimum absolute atomic E-state index is 0.406. The first-order valence-electron chi connectivity index (χ1n) is 8.05. The van der Waals surface area contributed by atoms with Crippen LogP contribution in [0, 0.1) is 5.92 Å². The van der Waals surface area contributed by atoms with E-state index in [0.717, 1.165) is 11.7 Å². The van der Waals surface area contributed by atoms with Gasteiger partial charge in [0, 0.05) is 12.0 Å². The summed E-state index contributed by atoms with van der Waals surface area (Å²) in [4.78, 5) is 2.52. The van der Waals surface area contributed by atoms with Crippen LogP contribution in [-0.4, -0.2) is 32.1 Å². The third-order valence-corrected chi connectivity index (χ3v) is 5.56. The Morgan fingerprint density at radius 3 is 3.00 bits per heavy atom. The second-order valence-electron chi connectivity index (χ2n) is 6.68. The molecule has 0 aromatic heterocycles. The third-order valence-electron chi connectivity index (χ3n) is 5.56. The van der Waals surface area contributed by atoms with Crippen molar-refractivity contribution in [2.75, 3.05) is 27.2 Å². The smallest absolute Gasteiger partial charge is 0.119 e. The summed E-state index contributed by atoms with van der Waals surface area (Å²) in [5, 5.41) is 0. The Morgan fingerprint density at radius 1 is 1.40 bits per heavy atom. The van der Waals surface area contributed by atoms with Gasteiger partial charge in [0.15, 0.2) is 0 Å². The van der Waals surface area contributed by atoms with E-state index in [2.05, 4.69) is 37.1 Å². The summed E-state index contributed by atoms with van der Waals surface area (Å²) in [6.45, 7) is 4.82. The number of hydrogen-bond donors (Lipinski definition) is 0. The van der Waals surface area contributed by atoms with E-state index in [1.807, 2.05) is 0 Å². The summed E-state index contributed by atoms with van der Waals surface area (Å²) >= 11 is 0. The highest BCUT2D eigenvalue weighted by molar-refractivity contribution is 5.43. The molecule has 0 N–H and O–H groups in total. The molecule has 2 heteroatoms. The van der Waals surface area contributed by atoms with Gasteiger partial charge in [0.05, 0.1) is 7.11 Å². The minimum atomic E-state index is 0.406. The number of nitrogens with zero attached hydrogens (tertiary/aromatic N) is 1. The van der Waals surface area contributed by atoms with Crippen LogP contribution in [0.1, 0.15) is 43.7 Å². The molecule has 2 aliphatic rings. The average Bonchev–Trinajstić information content (AvgIpc) is 2.47. The van der Waals surface area contributed by atoms with Crippen molar-refractivity contribution >= 4 is 0 Å². The first-order valence-corrected chi connectivity index (χ1v) is 8.05. The van der Waals surface area contributed by atoms with E-state index in [0.29, 0.717) is 5.41 Å². The molecule has 20 heavy (non-hydrogen) atoms. The number of aryl methyl sites for hydroxylation is 1. The summed E-state index contributed by atoms with van der Waals surface area (Å²) in [7, 11) is 4.06. The molecule has 0 amide bonds. The van der Waals surface area contributed by atoms with Gasteiger partial charge in [0.1, 0.15) is 5.75 Å². The Balaban J connectivity index is 2.07. The lowest BCUT2D eigenvalue weighted by Crippen LogP contribution is -2.51. The minimum Gasteiger partial charge on any atom is -0.497 e. The Labute approximate surface area is 123 Å². The van der Waals surface area contributed by atoms with Crippen molar-refractivity contribution in [3.63, 3.8) is 0 Å². The third kappa shape index (κ3) is 2.14. The van der Waals surface area contributed by atoms with Crippen LogP contribution in [0.2, 0.25) is 0 Å². The van der Waals surface area contributed by atoms with Crippen molar-refractivity contribution in [3.05, 3.63) is 29.3 Å². The molecule has 0 spiro atoms. The lowest BCUT2D eigenvalue weighted by atomic mass is 9.58. The first kappa shape index (κ1) is 13.9. The number of hydrogen-bond acceptors (Lipinski definition) is 2. The van der Waals surface area contributed by atoms with Gasteiger partial charge in [-0.3, -0.25) is 0 Å². The highest BCUT2D eigenvalue weighted by Gasteiger charge is 2.45. The van der Waals surface area contributed by atoms with Gasteiger partial charge in [0.25, 0.3) is 0 Å². The van der Waals surface area contributed by atoms with Gasteiger partial charge in [-0.1, -0.05) is 19.4 Å². The van der Waals surface area contributed by atoms with Gasteiger partial charge >= 0.3 is 0 Å². The number of ether oxygens (including phenoxy) is 1. The zero-order valence-electron chi connectivity index (χ0n) is 13.1. The van der Waals surface area contributed by atoms with E-state index < -0.39 is 0 Å².